The van der Waals surface area contributed by atoms with Crippen molar-refractivity contribution in [3.63, 3.8) is 0 Å². The number of hydrogen-bond acceptors (Lipinski definition) is 6. The van der Waals surface area contributed by atoms with Crippen LogP contribution in [-0.2, 0) is 22.6 Å². The first-order chi connectivity index (χ1) is 13.2. The average Bonchev–Trinajstić information content (AvgIpc) is 3.26. The van der Waals surface area contributed by atoms with E-state index in [4.69, 9.17) is 4.74 Å². The van der Waals surface area contributed by atoms with Crippen molar-refractivity contribution in [2.75, 3.05) is 19.7 Å². The number of nitrogens with one attached hydrogen (secondary N) is 1. The van der Waals surface area contributed by atoms with Gasteiger partial charge < -0.3 is 19.7 Å². The van der Waals surface area contributed by atoms with Crippen LogP contribution in [0.4, 0.5) is 0 Å². The average molecular weight is 367 g/mol. The number of benzene rings is 1. The van der Waals surface area contributed by atoms with Crippen molar-refractivity contribution in [2.24, 2.45) is 5.92 Å². The lowest BCUT2D eigenvalue weighted by Gasteiger charge is -2.15. The van der Waals surface area contributed by atoms with Crippen LogP contribution in [0.5, 0.6) is 0 Å². The van der Waals surface area contributed by atoms with Gasteiger partial charge in [-0.3, -0.25) is 14.8 Å². The summed E-state index contributed by atoms with van der Waals surface area (Å²) in [5.41, 5.74) is 2.63. The molecule has 8 heteroatoms. The van der Waals surface area contributed by atoms with Gasteiger partial charge in [-0.15, -0.1) is 0 Å². The van der Waals surface area contributed by atoms with E-state index in [0.29, 0.717) is 25.3 Å². The maximum absolute atomic E-state index is 12.4. The van der Waals surface area contributed by atoms with Crippen LogP contribution >= 0.6 is 0 Å². The lowest BCUT2D eigenvalue weighted by Crippen LogP contribution is -2.32. The van der Waals surface area contributed by atoms with E-state index in [1.54, 1.807) is 23.5 Å². The minimum atomic E-state index is -0.564. The number of rotatable bonds is 6. The number of likely N-dealkylation sites (tertiary alicyclic amines) is 1. The van der Waals surface area contributed by atoms with Gasteiger partial charge in [0, 0.05) is 37.6 Å². The van der Waals surface area contributed by atoms with Crippen molar-refractivity contribution in [1.82, 2.24) is 24.8 Å². The Morgan fingerprint density at radius 3 is 3.00 bits per heavy atom. The van der Waals surface area contributed by atoms with E-state index in [9.17, 15) is 9.90 Å². The molecule has 0 saturated carbocycles. The predicted octanol–water partition coefficient (Wildman–Crippen LogP) is 0.931. The van der Waals surface area contributed by atoms with Crippen LogP contribution in [0.1, 0.15) is 11.5 Å². The number of carbonyl (C=O) groups is 1. The third-order valence-electron chi connectivity index (χ3n) is 4.75. The Kier molecular flexibility index (Phi) is 5.08. The van der Waals surface area contributed by atoms with Gasteiger partial charge in [0.15, 0.2) is 0 Å². The van der Waals surface area contributed by atoms with Gasteiger partial charge in [-0.25, -0.2) is 4.98 Å². The number of aliphatic hydroxyl groups is 1. The number of imidazole rings is 1. The molecule has 1 fully saturated rings. The number of hydrogen-bond donors (Lipinski definition) is 2. The van der Waals surface area contributed by atoms with E-state index in [1.165, 1.54) is 0 Å². The third-order valence-corrected chi connectivity index (χ3v) is 4.75. The Morgan fingerprint density at radius 1 is 1.30 bits per heavy atom. The number of β-amino-alcohol motifs (C(OH)–C–C–N with tert-alkyl or cyclic N) is 1. The summed E-state index contributed by atoms with van der Waals surface area (Å²) in [6, 6.07) is 7.72. The van der Waals surface area contributed by atoms with Gasteiger partial charge in [0.2, 0.25) is 5.91 Å². The summed E-state index contributed by atoms with van der Waals surface area (Å²) in [6.07, 6.45) is 4.97. The first kappa shape index (κ1) is 17.6. The van der Waals surface area contributed by atoms with Crippen LogP contribution in [0.15, 0.2) is 42.9 Å². The molecule has 1 aliphatic heterocycles. The zero-order valence-electron chi connectivity index (χ0n) is 14.8. The largest absolute Gasteiger partial charge is 0.391 e. The highest BCUT2D eigenvalue weighted by Crippen LogP contribution is 2.21. The quantitative estimate of drug-likeness (QED) is 0.672. The number of nitrogens with zero attached hydrogens (tertiary/aromatic N) is 4. The van der Waals surface area contributed by atoms with Crippen molar-refractivity contribution in [3.8, 4) is 0 Å². The Hall–Kier alpha value is -2.84. The maximum atomic E-state index is 12.4. The fourth-order valence-corrected chi connectivity index (χ4v) is 3.36. The van der Waals surface area contributed by atoms with Gasteiger partial charge in [-0.05, 0) is 18.6 Å². The van der Waals surface area contributed by atoms with Crippen LogP contribution in [0.25, 0.3) is 11.0 Å². The van der Waals surface area contributed by atoms with E-state index in [0.717, 1.165) is 16.7 Å². The lowest BCUT2D eigenvalue weighted by atomic mass is 10.0. The molecule has 4 rings (SSSR count). The molecule has 0 spiro atoms. The molecule has 8 nitrogen and oxygen atoms in total. The van der Waals surface area contributed by atoms with Crippen LogP contribution in [0.2, 0.25) is 0 Å². The fourth-order valence-electron chi connectivity index (χ4n) is 3.36. The summed E-state index contributed by atoms with van der Waals surface area (Å²) in [5.74, 6) is 0.513. The number of ether oxygens (including phenoxy) is 1. The van der Waals surface area contributed by atoms with E-state index < -0.39 is 6.10 Å². The normalized spacial score (nSPS) is 19.7. The number of amides is 1. The number of fused-ring (bicyclic) bond motifs is 1. The number of aromatic nitrogens is 4. The Bertz CT molecular complexity index is 881. The molecular weight excluding hydrogens is 346 g/mol. The first-order valence-electron chi connectivity index (χ1n) is 8.91. The molecule has 140 valence electrons. The minimum Gasteiger partial charge on any atom is -0.391 e. The molecular formula is C19H21N5O3. The number of H-pyrrole nitrogens is 1. The maximum Gasteiger partial charge on any atom is 0.248 e. The molecule has 2 atom stereocenters. The van der Waals surface area contributed by atoms with Crippen LogP contribution in [0, 0.1) is 5.92 Å². The fraction of sp³-hybridized carbons (Fsp3) is 0.368. The summed E-state index contributed by atoms with van der Waals surface area (Å²) in [5, 5.41) is 10.3. The molecule has 0 unspecified atom stereocenters. The van der Waals surface area contributed by atoms with Gasteiger partial charge in [0.05, 0.1) is 22.8 Å². The number of carbonyl (C=O) groups excluding carboxylic acids is 1. The third kappa shape index (κ3) is 4.12. The van der Waals surface area contributed by atoms with E-state index >= 15 is 0 Å². The summed E-state index contributed by atoms with van der Waals surface area (Å²) in [7, 11) is 0. The standard InChI is InChI=1S/C19H21N5O3/c25-17-10-24(9-13(17)7-14-8-20-5-6-21-14)19(26)12-27-11-18-22-15-3-1-2-4-16(15)23-18/h1-6,8,13,17,25H,7,9-12H2,(H,22,23)/t13-,17-/m1/s1. The highest BCUT2D eigenvalue weighted by atomic mass is 16.5. The highest BCUT2D eigenvalue weighted by molar-refractivity contribution is 5.78. The van der Waals surface area contributed by atoms with Gasteiger partial charge in [-0.2, -0.15) is 0 Å². The summed E-state index contributed by atoms with van der Waals surface area (Å²) >= 11 is 0. The molecule has 3 heterocycles. The van der Waals surface area contributed by atoms with Gasteiger partial charge >= 0.3 is 0 Å². The summed E-state index contributed by atoms with van der Waals surface area (Å²) < 4.78 is 5.52. The second kappa shape index (κ2) is 7.81. The zero-order valence-corrected chi connectivity index (χ0v) is 14.8. The lowest BCUT2D eigenvalue weighted by molar-refractivity contribution is -0.136. The minimum absolute atomic E-state index is 0.0401. The number of aliphatic hydroxyl groups excluding tert-OH is 1. The molecule has 0 aliphatic carbocycles. The van der Waals surface area contributed by atoms with Crippen molar-refractivity contribution in [2.45, 2.75) is 19.1 Å². The molecule has 2 N–H and O–H groups in total. The molecule has 3 aromatic rings. The smallest absolute Gasteiger partial charge is 0.248 e. The second-order valence-electron chi connectivity index (χ2n) is 6.72. The van der Waals surface area contributed by atoms with Gasteiger partial charge in [0.1, 0.15) is 19.0 Å². The zero-order chi connectivity index (χ0) is 18.6. The summed E-state index contributed by atoms with van der Waals surface area (Å²) in [6.45, 7) is 1.00. The van der Waals surface area contributed by atoms with Gasteiger partial charge in [0.25, 0.3) is 0 Å². The Labute approximate surface area is 156 Å². The molecule has 1 aliphatic rings. The van der Waals surface area contributed by atoms with E-state index in [1.807, 2.05) is 24.3 Å². The van der Waals surface area contributed by atoms with Crippen molar-refractivity contribution in [1.29, 1.82) is 0 Å². The first-order valence-corrected chi connectivity index (χ1v) is 8.91. The predicted molar refractivity (Wildman–Crippen MR) is 97.6 cm³/mol. The monoisotopic (exact) mass is 367 g/mol. The SMILES string of the molecule is O=C(COCc1nc2ccccc2[nH]1)N1C[C@@H](Cc2cnccn2)[C@H](O)C1. The van der Waals surface area contributed by atoms with Crippen LogP contribution in [-0.4, -0.2) is 61.6 Å². The molecule has 0 radical (unpaired) electrons. The molecule has 1 saturated heterocycles. The number of para-hydroxylation sites is 2. The van der Waals surface area contributed by atoms with E-state index in [2.05, 4.69) is 19.9 Å². The molecule has 1 aromatic carbocycles. The van der Waals surface area contributed by atoms with Crippen LogP contribution in [0.3, 0.4) is 0 Å². The molecule has 27 heavy (non-hydrogen) atoms. The topological polar surface area (TPSA) is 104 Å². The molecule has 0 bridgehead atoms. The Balaban J connectivity index is 1.27. The van der Waals surface area contributed by atoms with E-state index in [-0.39, 0.29) is 25.0 Å². The van der Waals surface area contributed by atoms with Crippen molar-refractivity contribution < 1.29 is 14.6 Å². The van der Waals surface area contributed by atoms with Crippen LogP contribution < -0.4 is 0 Å². The summed E-state index contributed by atoms with van der Waals surface area (Å²) in [4.78, 5) is 29.9. The van der Waals surface area contributed by atoms with Crippen molar-refractivity contribution in [3.05, 3.63) is 54.4 Å². The van der Waals surface area contributed by atoms with Gasteiger partial charge in [-0.1, -0.05) is 12.1 Å². The molecule has 1 amide bonds. The number of aromatic amines is 1. The highest BCUT2D eigenvalue weighted by Gasteiger charge is 2.34. The second-order valence-corrected chi connectivity index (χ2v) is 6.72. The van der Waals surface area contributed by atoms with Crippen molar-refractivity contribution >= 4 is 16.9 Å². The Morgan fingerprint density at radius 2 is 2.19 bits per heavy atom. The molecule has 2 aromatic heterocycles.